The van der Waals surface area contributed by atoms with Crippen LogP contribution in [-0.2, 0) is 11.9 Å². The van der Waals surface area contributed by atoms with Crippen molar-refractivity contribution in [3.63, 3.8) is 0 Å². The largest absolute Gasteiger partial charge is 0.416 e. The Morgan fingerprint density at radius 2 is 1.77 bits per heavy atom. The molecule has 0 N–H and O–H groups in total. The van der Waals surface area contributed by atoms with Crippen molar-refractivity contribution in [2.24, 2.45) is 0 Å². The summed E-state index contributed by atoms with van der Waals surface area (Å²) in [7, 11) is 0. The Balaban J connectivity index is 1.66. The van der Waals surface area contributed by atoms with Gasteiger partial charge in [0, 0.05) is 28.7 Å². The molecule has 30 heavy (non-hydrogen) atoms. The molecule has 2 heterocycles. The third-order valence-electron chi connectivity index (χ3n) is 4.27. The van der Waals surface area contributed by atoms with E-state index in [1.165, 1.54) is 23.9 Å². The number of rotatable bonds is 5. The molecule has 152 valence electrons. The summed E-state index contributed by atoms with van der Waals surface area (Å²) in [6.07, 6.45) is -0.990. The predicted molar refractivity (Wildman–Crippen MR) is 111 cm³/mol. The zero-order chi connectivity index (χ0) is 21.1. The molecule has 0 atom stereocenters. The average Bonchev–Trinajstić information content (AvgIpc) is 3.16. The minimum Gasteiger partial charge on any atom is -0.270 e. The standard InChI is InChI=1S/C21H14ClF3N4S/c22-17-4-1-5-18(11-17)29-19(15-3-2-10-26-12-15)27-28-20(29)30-13-14-6-8-16(9-7-14)21(23,24)25/h1-12H,13H2. The second-order valence-corrected chi connectivity index (χ2v) is 7.73. The van der Waals surface area contributed by atoms with Crippen LogP contribution in [0.15, 0.2) is 78.2 Å². The molecule has 0 unspecified atom stereocenters. The first-order valence-corrected chi connectivity index (χ1v) is 10.2. The van der Waals surface area contributed by atoms with Crippen molar-refractivity contribution < 1.29 is 13.2 Å². The number of hydrogen-bond acceptors (Lipinski definition) is 4. The Kier molecular flexibility index (Phi) is 5.78. The normalized spacial score (nSPS) is 11.6. The van der Waals surface area contributed by atoms with Crippen LogP contribution in [0.3, 0.4) is 0 Å². The van der Waals surface area contributed by atoms with E-state index >= 15 is 0 Å². The number of benzene rings is 2. The Labute approximate surface area is 179 Å². The van der Waals surface area contributed by atoms with Crippen LogP contribution in [0.2, 0.25) is 5.02 Å². The van der Waals surface area contributed by atoms with E-state index in [9.17, 15) is 13.2 Å². The molecule has 2 aromatic heterocycles. The molecule has 4 nitrogen and oxygen atoms in total. The maximum absolute atomic E-state index is 12.8. The minimum atomic E-state index is -4.35. The lowest BCUT2D eigenvalue weighted by Gasteiger charge is -2.11. The van der Waals surface area contributed by atoms with Crippen molar-refractivity contribution in [2.75, 3.05) is 0 Å². The molecule has 0 radical (unpaired) electrons. The number of thioether (sulfide) groups is 1. The van der Waals surface area contributed by atoms with Crippen molar-refractivity contribution in [2.45, 2.75) is 17.1 Å². The summed E-state index contributed by atoms with van der Waals surface area (Å²) in [5.74, 6) is 1.03. The van der Waals surface area contributed by atoms with Gasteiger partial charge >= 0.3 is 6.18 Å². The molecule has 0 spiro atoms. The van der Waals surface area contributed by atoms with Gasteiger partial charge < -0.3 is 0 Å². The SMILES string of the molecule is FC(F)(F)c1ccc(CSc2nnc(-c3cccnc3)n2-c2cccc(Cl)c2)cc1. The van der Waals surface area contributed by atoms with Gasteiger partial charge in [-0.15, -0.1) is 10.2 Å². The molecule has 0 aliphatic rings. The van der Waals surface area contributed by atoms with Gasteiger partial charge in [0.1, 0.15) is 0 Å². The summed E-state index contributed by atoms with van der Waals surface area (Å²) >= 11 is 7.55. The lowest BCUT2D eigenvalue weighted by molar-refractivity contribution is -0.137. The first-order chi connectivity index (χ1) is 14.4. The number of hydrogen-bond donors (Lipinski definition) is 0. The second-order valence-electron chi connectivity index (χ2n) is 6.35. The van der Waals surface area contributed by atoms with E-state index in [1.807, 2.05) is 22.8 Å². The monoisotopic (exact) mass is 446 g/mol. The first-order valence-electron chi connectivity index (χ1n) is 8.82. The van der Waals surface area contributed by atoms with Gasteiger partial charge in [0.15, 0.2) is 11.0 Å². The molecule has 0 aliphatic heterocycles. The third-order valence-corrected chi connectivity index (χ3v) is 5.50. The Bertz CT molecular complexity index is 1150. The molecule has 9 heteroatoms. The maximum Gasteiger partial charge on any atom is 0.416 e. The highest BCUT2D eigenvalue weighted by molar-refractivity contribution is 7.98. The number of pyridine rings is 1. The molecule has 4 aromatic rings. The summed E-state index contributed by atoms with van der Waals surface area (Å²) in [5.41, 5.74) is 1.64. The fourth-order valence-electron chi connectivity index (χ4n) is 2.83. The second kappa shape index (κ2) is 8.49. The van der Waals surface area contributed by atoms with Gasteiger partial charge in [-0.3, -0.25) is 9.55 Å². The van der Waals surface area contributed by atoms with E-state index < -0.39 is 11.7 Å². The number of nitrogens with zero attached hydrogens (tertiary/aromatic N) is 4. The molecular weight excluding hydrogens is 433 g/mol. The molecule has 0 bridgehead atoms. The van der Waals surface area contributed by atoms with Gasteiger partial charge in [-0.2, -0.15) is 13.2 Å². The molecule has 0 amide bonds. The fraction of sp³-hybridized carbons (Fsp3) is 0.0952. The quantitative estimate of drug-likeness (QED) is 0.338. The van der Waals surface area contributed by atoms with Crippen LogP contribution < -0.4 is 0 Å². The highest BCUT2D eigenvalue weighted by Gasteiger charge is 2.29. The van der Waals surface area contributed by atoms with Gasteiger partial charge in [0.05, 0.1) is 11.3 Å². The topological polar surface area (TPSA) is 43.6 Å². The van der Waals surface area contributed by atoms with Crippen LogP contribution in [-0.4, -0.2) is 19.7 Å². The predicted octanol–water partition coefficient (Wildman–Crippen LogP) is 6.29. The molecule has 0 saturated carbocycles. The van der Waals surface area contributed by atoms with Gasteiger partial charge in [-0.1, -0.05) is 41.6 Å². The van der Waals surface area contributed by atoms with Crippen molar-refractivity contribution in [3.05, 3.63) is 89.2 Å². The third kappa shape index (κ3) is 4.49. The lowest BCUT2D eigenvalue weighted by atomic mass is 10.1. The summed E-state index contributed by atoms with van der Waals surface area (Å²) in [5, 5.41) is 9.77. The molecule has 0 saturated heterocycles. The molecule has 4 rings (SSSR count). The Morgan fingerprint density at radius 1 is 0.967 bits per heavy atom. The summed E-state index contributed by atoms with van der Waals surface area (Å²) < 4.78 is 40.2. The average molecular weight is 447 g/mol. The van der Waals surface area contributed by atoms with Crippen molar-refractivity contribution in [1.82, 2.24) is 19.7 Å². The number of halogens is 4. The van der Waals surface area contributed by atoms with Gasteiger partial charge in [0.2, 0.25) is 0 Å². The minimum absolute atomic E-state index is 0.434. The highest BCUT2D eigenvalue weighted by Crippen LogP contribution is 2.32. The fourth-order valence-corrected chi connectivity index (χ4v) is 3.92. The molecule has 0 fully saturated rings. The number of alkyl halides is 3. The smallest absolute Gasteiger partial charge is 0.270 e. The van der Waals surface area contributed by atoms with E-state index in [4.69, 9.17) is 11.6 Å². The van der Waals surface area contributed by atoms with Crippen molar-refractivity contribution in [3.8, 4) is 17.1 Å². The zero-order valence-corrected chi connectivity index (χ0v) is 16.9. The highest BCUT2D eigenvalue weighted by atomic mass is 35.5. The molecule has 2 aromatic carbocycles. The Morgan fingerprint density at radius 3 is 2.43 bits per heavy atom. The Hall–Kier alpha value is -2.84. The molecular formula is C21H14ClF3N4S. The van der Waals surface area contributed by atoms with E-state index in [1.54, 1.807) is 30.6 Å². The van der Waals surface area contributed by atoms with Crippen molar-refractivity contribution in [1.29, 1.82) is 0 Å². The van der Waals surface area contributed by atoms with Gasteiger partial charge in [-0.25, -0.2) is 0 Å². The van der Waals surface area contributed by atoms with Crippen LogP contribution in [0.5, 0.6) is 0 Å². The van der Waals surface area contributed by atoms with E-state index in [0.717, 1.165) is 28.9 Å². The van der Waals surface area contributed by atoms with E-state index in [0.29, 0.717) is 21.8 Å². The van der Waals surface area contributed by atoms with Crippen LogP contribution >= 0.6 is 23.4 Å². The van der Waals surface area contributed by atoms with Crippen LogP contribution in [0.1, 0.15) is 11.1 Å². The van der Waals surface area contributed by atoms with E-state index in [2.05, 4.69) is 15.2 Å². The van der Waals surface area contributed by atoms with Crippen LogP contribution in [0, 0.1) is 0 Å². The van der Waals surface area contributed by atoms with Crippen LogP contribution in [0.25, 0.3) is 17.1 Å². The molecule has 0 aliphatic carbocycles. The van der Waals surface area contributed by atoms with Crippen LogP contribution in [0.4, 0.5) is 13.2 Å². The summed E-state index contributed by atoms with van der Waals surface area (Å²) in [6.45, 7) is 0. The number of aromatic nitrogens is 4. The summed E-state index contributed by atoms with van der Waals surface area (Å²) in [4.78, 5) is 4.14. The first kappa shape index (κ1) is 20.4. The van der Waals surface area contributed by atoms with Crippen molar-refractivity contribution >= 4 is 23.4 Å². The zero-order valence-electron chi connectivity index (χ0n) is 15.3. The summed E-state index contributed by atoms with van der Waals surface area (Å²) in [6, 6.07) is 16.1. The maximum atomic E-state index is 12.8. The lowest BCUT2D eigenvalue weighted by Crippen LogP contribution is -2.04. The van der Waals surface area contributed by atoms with E-state index in [-0.39, 0.29) is 0 Å². The van der Waals surface area contributed by atoms with Gasteiger partial charge in [0.25, 0.3) is 0 Å². The van der Waals surface area contributed by atoms with Gasteiger partial charge in [-0.05, 0) is 48.0 Å².